The minimum Gasteiger partial charge on any atom is -0.595 e. The third-order valence-corrected chi connectivity index (χ3v) is 1.19. The minimum absolute atomic E-state index is 0.291. The van der Waals surface area contributed by atoms with Crippen LogP contribution in [0.4, 0.5) is 5.69 Å². The van der Waals surface area contributed by atoms with Crippen molar-refractivity contribution in [3.05, 3.63) is 35.5 Å². The Morgan fingerprint density at radius 3 is 2.40 bits per heavy atom. The Balaban J connectivity index is 2.75. The fourth-order valence-corrected chi connectivity index (χ4v) is 0.692. The van der Waals surface area contributed by atoms with E-state index in [-0.39, 0.29) is 5.23 Å². The van der Waals surface area contributed by atoms with Crippen LogP contribution >= 0.6 is 0 Å². The monoisotopic (exact) mass is 139 g/mol. The summed E-state index contributed by atoms with van der Waals surface area (Å²) < 4.78 is 0. The summed E-state index contributed by atoms with van der Waals surface area (Å²) in [5.74, 6) is 0. The highest BCUT2D eigenvalue weighted by molar-refractivity contribution is 5.27. The average molecular weight is 139 g/mol. The molecule has 0 radical (unpaired) electrons. The van der Waals surface area contributed by atoms with E-state index < -0.39 is 0 Å². The van der Waals surface area contributed by atoms with Crippen LogP contribution in [0.15, 0.2) is 30.3 Å². The molecule has 3 heteroatoms. The highest BCUT2D eigenvalue weighted by Crippen LogP contribution is 1.96. The summed E-state index contributed by atoms with van der Waals surface area (Å²) >= 11 is 0. The smallest absolute Gasteiger partial charge is 0.163 e. The molecular weight excluding hydrogens is 130 g/mol. The molecule has 0 bridgehead atoms. The summed E-state index contributed by atoms with van der Waals surface area (Å²) in [6.07, 6.45) is 0. The van der Waals surface area contributed by atoms with E-state index in [9.17, 15) is 5.21 Å². The summed E-state index contributed by atoms with van der Waals surface area (Å²) in [5.41, 5.74) is 0.588. The van der Waals surface area contributed by atoms with Crippen LogP contribution in [-0.2, 0) is 4.84 Å². The third-order valence-electron chi connectivity index (χ3n) is 1.19. The van der Waals surface area contributed by atoms with Gasteiger partial charge in [-0.1, -0.05) is 18.2 Å². The maximum absolute atomic E-state index is 10.8. The number of rotatable bonds is 2. The molecule has 1 unspecified atom stereocenters. The van der Waals surface area contributed by atoms with E-state index >= 15 is 0 Å². The van der Waals surface area contributed by atoms with Gasteiger partial charge in [-0.25, -0.2) is 4.84 Å². The number of benzene rings is 1. The molecule has 0 amide bonds. The van der Waals surface area contributed by atoms with E-state index in [2.05, 4.69) is 4.84 Å². The lowest BCUT2D eigenvalue weighted by molar-refractivity contribution is -0.992. The van der Waals surface area contributed by atoms with Gasteiger partial charge in [-0.15, -0.1) is 0 Å². The molecule has 1 atom stereocenters. The molecule has 0 spiro atoms. The van der Waals surface area contributed by atoms with Crippen LogP contribution in [0.1, 0.15) is 0 Å². The van der Waals surface area contributed by atoms with Crippen LogP contribution in [0.5, 0.6) is 0 Å². The van der Waals surface area contributed by atoms with E-state index in [4.69, 9.17) is 0 Å². The highest BCUT2D eigenvalue weighted by atomic mass is 16.9. The zero-order chi connectivity index (χ0) is 7.40. The second-order valence-electron chi connectivity index (χ2n) is 1.86. The van der Waals surface area contributed by atoms with Crippen molar-refractivity contribution in [1.29, 1.82) is 0 Å². The SMILES string of the molecule is CO[NH+]([O-])c1ccccc1. The van der Waals surface area contributed by atoms with E-state index in [1.807, 2.05) is 6.07 Å². The van der Waals surface area contributed by atoms with Crippen molar-refractivity contribution < 1.29 is 10.1 Å². The predicted molar refractivity (Wildman–Crippen MR) is 37.4 cm³/mol. The summed E-state index contributed by atoms with van der Waals surface area (Å²) in [5, 5.41) is 10.5. The maximum Gasteiger partial charge on any atom is 0.163 e. The molecule has 0 heterocycles. The van der Waals surface area contributed by atoms with Crippen LogP contribution in [0, 0.1) is 5.21 Å². The Labute approximate surface area is 59.4 Å². The Kier molecular flexibility index (Phi) is 2.39. The van der Waals surface area contributed by atoms with Crippen molar-refractivity contribution in [3.63, 3.8) is 0 Å². The molecule has 54 valence electrons. The molecule has 10 heavy (non-hydrogen) atoms. The second kappa shape index (κ2) is 3.31. The molecular formula is C7H9NO2. The largest absolute Gasteiger partial charge is 0.595 e. The van der Waals surface area contributed by atoms with Crippen molar-refractivity contribution in [2.45, 2.75) is 0 Å². The summed E-state index contributed by atoms with van der Waals surface area (Å²) in [6.45, 7) is 0. The number of nitrogens with one attached hydrogen (secondary N) is 1. The van der Waals surface area contributed by atoms with Crippen molar-refractivity contribution in [2.24, 2.45) is 0 Å². The Morgan fingerprint density at radius 2 is 1.90 bits per heavy atom. The van der Waals surface area contributed by atoms with Gasteiger partial charge < -0.3 is 5.21 Å². The van der Waals surface area contributed by atoms with Crippen LogP contribution in [0.2, 0.25) is 0 Å². The highest BCUT2D eigenvalue weighted by Gasteiger charge is 1.96. The Hall–Kier alpha value is -0.900. The van der Waals surface area contributed by atoms with Gasteiger partial charge >= 0.3 is 0 Å². The predicted octanol–water partition coefficient (Wildman–Crippen LogP) is 0.262. The van der Waals surface area contributed by atoms with Gasteiger partial charge in [0.05, 0.1) is 7.11 Å². The van der Waals surface area contributed by atoms with Crippen LogP contribution in [-0.4, -0.2) is 7.11 Å². The average Bonchev–Trinajstić information content (AvgIpc) is 2.05. The topological polar surface area (TPSA) is 36.7 Å². The number of hydrogen-bond donors (Lipinski definition) is 1. The zero-order valence-electron chi connectivity index (χ0n) is 5.70. The fraction of sp³-hybridized carbons (Fsp3) is 0.143. The van der Waals surface area contributed by atoms with Crippen molar-refractivity contribution in [1.82, 2.24) is 0 Å². The molecule has 1 aromatic rings. The zero-order valence-corrected chi connectivity index (χ0v) is 5.70. The fourth-order valence-electron chi connectivity index (χ4n) is 0.692. The first-order chi connectivity index (χ1) is 4.84. The van der Waals surface area contributed by atoms with Gasteiger partial charge in [0.25, 0.3) is 0 Å². The van der Waals surface area contributed by atoms with Gasteiger partial charge in [0.2, 0.25) is 0 Å². The van der Waals surface area contributed by atoms with Gasteiger partial charge in [-0.3, -0.25) is 0 Å². The minimum atomic E-state index is -0.291. The van der Waals surface area contributed by atoms with Crippen LogP contribution in [0.25, 0.3) is 0 Å². The second-order valence-corrected chi connectivity index (χ2v) is 1.86. The molecule has 1 aromatic carbocycles. The standard InChI is InChI=1S/C7H9NO2/c1-10-8(9)7-5-3-2-4-6-7/h2-6,8H,1H3. The van der Waals surface area contributed by atoms with Gasteiger partial charge in [0, 0.05) is 12.1 Å². The van der Waals surface area contributed by atoms with Gasteiger partial charge in [-0.05, 0) is 0 Å². The van der Waals surface area contributed by atoms with E-state index in [0.717, 1.165) is 0 Å². The molecule has 3 nitrogen and oxygen atoms in total. The molecule has 0 saturated heterocycles. The first kappa shape index (κ1) is 7.21. The molecule has 0 aromatic heterocycles. The summed E-state index contributed by atoms with van der Waals surface area (Å²) in [6, 6.07) is 8.88. The number of quaternary nitrogens is 1. The van der Waals surface area contributed by atoms with Crippen molar-refractivity contribution >= 4 is 5.69 Å². The quantitative estimate of drug-likeness (QED) is 0.597. The Bertz CT molecular complexity index is 188. The lowest BCUT2D eigenvalue weighted by Gasteiger charge is -2.15. The molecule has 0 saturated carbocycles. The van der Waals surface area contributed by atoms with Crippen molar-refractivity contribution in [2.75, 3.05) is 7.11 Å². The molecule has 0 aliphatic heterocycles. The van der Waals surface area contributed by atoms with E-state index in [0.29, 0.717) is 5.69 Å². The molecule has 0 aliphatic carbocycles. The van der Waals surface area contributed by atoms with Gasteiger partial charge in [0.15, 0.2) is 5.69 Å². The maximum atomic E-state index is 10.8. The van der Waals surface area contributed by atoms with Crippen LogP contribution < -0.4 is 5.23 Å². The third kappa shape index (κ3) is 1.54. The first-order valence-corrected chi connectivity index (χ1v) is 2.98. The molecule has 1 N–H and O–H groups in total. The Morgan fingerprint density at radius 1 is 1.30 bits per heavy atom. The summed E-state index contributed by atoms with van der Waals surface area (Å²) in [7, 11) is 1.37. The van der Waals surface area contributed by atoms with Gasteiger partial charge in [0.1, 0.15) is 0 Å². The van der Waals surface area contributed by atoms with E-state index in [1.54, 1.807) is 24.3 Å². The lowest BCUT2D eigenvalue weighted by atomic mass is 10.3. The summed E-state index contributed by atoms with van der Waals surface area (Å²) in [4.78, 5) is 4.50. The number of hydrogen-bond acceptors (Lipinski definition) is 2. The van der Waals surface area contributed by atoms with Crippen LogP contribution in [0.3, 0.4) is 0 Å². The molecule has 0 fully saturated rings. The molecule has 0 aliphatic rings. The van der Waals surface area contributed by atoms with Gasteiger partial charge in [-0.2, -0.15) is 5.23 Å². The lowest BCUT2D eigenvalue weighted by Crippen LogP contribution is -3.00. The normalized spacial score (nSPS) is 13.0. The van der Waals surface area contributed by atoms with E-state index in [1.165, 1.54) is 7.11 Å². The van der Waals surface area contributed by atoms with Crippen molar-refractivity contribution in [3.8, 4) is 0 Å². The first-order valence-electron chi connectivity index (χ1n) is 2.98. The molecule has 1 rings (SSSR count).